The van der Waals surface area contributed by atoms with Gasteiger partial charge in [-0.25, -0.2) is 4.98 Å². The summed E-state index contributed by atoms with van der Waals surface area (Å²) in [7, 11) is 0. The monoisotopic (exact) mass is 286 g/mol. The molecule has 0 fully saturated rings. The van der Waals surface area contributed by atoms with Crippen molar-refractivity contribution in [1.82, 2.24) is 4.98 Å². The van der Waals surface area contributed by atoms with Gasteiger partial charge in [-0.3, -0.25) is 0 Å². The lowest BCUT2D eigenvalue weighted by Crippen LogP contribution is -2.01. The summed E-state index contributed by atoms with van der Waals surface area (Å²) in [6.07, 6.45) is 3.00. The zero-order valence-electron chi connectivity index (χ0n) is 12.4. The number of rotatable bonds is 6. The molecular formula is C17H22N2S. The average molecular weight is 286 g/mol. The Morgan fingerprint density at radius 1 is 1.15 bits per heavy atom. The minimum Gasteiger partial charge on any atom is -0.370 e. The topological polar surface area (TPSA) is 24.9 Å². The first-order chi connectivity index (χ1) is 9.69. The van der Waals surface area contributed by atoms with Crippen molar-refractivity contribution in [3.63, 3.8) is 0 Å². The molecule has 0 aliphatic heterocycles. The maximum Gasteiger partial charge on any atom is 0.126 e. The molecule has 0 spiro atoms. The molecule has 0 atom stereocenters. The zero-order valence-corrected chi connectivity index (χ0v) is 13.3. The van der Waals surface area contributed by atoms with Gasteiger partial charge in [0.15, 0.2) is 0 Å². The van der Waals surface area contributed by atoms with Crippen LogP contribution in [0.2, 0.25) is 0 Å². The van der Waals surface area contributed by atoms with Gasteiger partial charge in [-0.2, -0.15) is 0 Å². The number of thioether (sulfide) groups is 1. The van der Waals surface area contributed by atoms with E-state index in [0.717, 1.165) is 24.5 Å². The Kier molecular flexibility index (Phi) is 5.48. The molecule has 0 saturated carbocycles. The quantitative estimate of drug-likeness (QED) is 0.771. The summed E-state index contributed by atoms with van der Waals surface area (Å²) in [6.45, 7) is 7.44. The van der Waals surface area contributed by atoms with Gasteiger partial charge in [-0.05, 0) is 49.6 Å². The predicted molar refractivity (Wildman–Crippen MR) is 88.5 cm³/mol. The molecular weight excluding hydrogens is 264 g/mol. The third kappa shape index (κ3) is 4.27. The van der Waals surface area contributed by atoms with E-state index in [4.69, 9.17) is 0 Å². The summed E-state index contributed by atoms with van der Waals surface area (Å²) in [5, 5.41) is 3.33. The second kappa shape index (κ2) is 7.34. The van der Waals surface area contributed by atoms with Crippen LogP contribution in [-0.2, 0) is 5.75 Å². The first-order valence-electron chi connectivity index (χ1n) is 7.08. The second-order valence-electron chi connectivity index (χ2n) is 5.03. The Hall–Kier alpha value is -1.48. The molecule has 20 heavy (non-hydrogen) atoms. The number of aromatic nitrogens is 1. The van der Waals surface area contributed by atoms with Gasteiger partial charge in [-0.15, -0.1) is 11.8 Å². The van der Waals surface area contributed by atoms with Crippen LogP contribution in [0.1, 0.15) is 30.0 Å². The first kappa shape index (κ1) is 14.9. The van der Waals surface area contributed by atoms with Crippen molar-refractivity contribution < 1.29 is 0 Å². The Morgan fingerprint density at radius 2 is 2.00 bits per heavy atom. The number of nitrogens with zero attached hydrogens (tertiary/aromatic N) is 1. The molecule has 1 N–H and O–H groups in total. The van der Waals surface area contributed by atoms with Gasteiger partial charge in [0.25, 0.3) is 0 Å². The highest BCUT2D eigenvalue weighted by molar-refractivity contribution is 7.98. The molecule has 1 aromatic carbocycles. The number of pyridine rings is 1. The summed E-state index contributed by atoms with van der Waals surface area (Å²) in [5.74, 6) is 1.96. The third-order valence-electron chi connectivity index (χ3n) is 3.12. The lowest BCUT2D eigenvalue weighted by atomic mass is 10.2. The van der Waals surface area contributed by atoms with Crippen LogP contribution in [0.25, 0.3) is 0 Å². The molecule has 3 heteroatoms. The smallest absolute Gasteiger partial charge is 0.126 e. The van der Waals surface area contributed by atoms with Crippen LogP contribution in [0.15, 0.2) is 41.4 Å². The summed E-state index contributed by atoms with van der Waals surface area (Å²) in [5.41, 5.74) is 3.97. The number of hydrogen-bond donors (Lipinski definition) is 1. The number of anilines is 1. The van der Waals surface area contributed by atoms with Crippen molar-refractivity contribution in [2.75, 3.05) is 11.9 Å². The van der Waals surface area contributed by atoms with E-state index < -0.39 is 0 Å². The highest BCUT2D eigenvalue weighted by Gasteiger charge is 2.02. The first-order valence-corrected chi connectivity index (χ1v) is 8.06. The van der Waals surface area contributed by atoms with Gasteiger partial charge in [0.1, 0.15) is 5.82 Å². The molecule has 0 amide bonds. The highest BCUT2D eigenvalue weighted by Crippen LogP contribution is 2.27. The molecule has 2 nitrogen and oxygen atoms in total. The molecule has 0 saturated heterocycles. The maximum atomic E-state index is 4.34. The van der Waals surface area contributed by atoms with E-state index in [1.165, 1.54) is 21.6 Å². The van der Waals surface area contributed by atoms with E-state index in [1.54, 1.807) is 0 Å². The maximum absolute atomic E-state index is 4.34. The Morgan fingerprint density at radius 3 is 2.80 bits per heavy atom. The number of nitrogens with one attached hydrogen (secondary N) is 1. The van der Waals surface area contributed by atoms with E-state index in [-0.39, 0.29) is 0 Å². The van der Waals surface area contributed by atoms with Crippen molar-refractivity contribution in [2.45, 2.75) is 37.8 Å². The van der Waals surface area contributed by atoms with Gasteiger partial charge >= 0.3 is 0 Å². The van der Waals surface area contributed by atoms with Crippen LogP contribution in [0.4, 0.5) is 5.82 Å². The molecule has 2 rings (SSSR count). The Balaban J connectivity index is 2.01. The van der Waals surface area contributed by atoms with Crippen LogP contribution >= 0.6 is 11.8 Å². The number of hydrogen-bond acceptors (Lipinski definition) is 3. The lowest BCUT2D eigenvalue weighted by molar-refractivity contribution is 0.968. The van der Waals surface area contributed by atoms with Crippen molar-refractivity contribution in [2.24, 2.45) is 0 Å². The van der Waals surface area contributed by atoms with Crippen LogP contribution in [-0.4, -0.2) is 11.5 Å². The van der Waals surface area contributed by atoms with Crippen LogP contribution in [0.5, 0.6) is 0 Å². The van der Waals surface area contributed by atoms with Crippen molar-refractivity contribution >= 4 is 17.6 Å². The summed E-state index contributed by atoms with van der Waals surface area (Å²) < 4.78 is 0. The van der Waals surface area contributed by atoms with Gasteiger partial charge in [0, 0.05) is 23.4 Å². The van der Waals surface area contributed by atoms with E-state index >= 15 is 0 Å². The summed E-state index contributed by atoms with van der Waals surface area (Å²) >= 11 is 1.89. The van der Waals surface area contributed by atoms with Crippen molar-refractivity contribution in [3.8, 4) is 0 Å². The van der Waals surface area contributed by atoms with E-state index in [0.29, 0.717) is 0 Å². The Bertz CT molecular complexity index is 567. The predicted octanol–water partition coefficient (Wildman–Crippen LogP) is 4.81. The number of aryl methyl sites for hydroxylation is 2. The van der Waals surface area contributed by atoms with Crippen molar-refractivity contribution in [3.05, 3.63) is 53.2 Å². The molecule has 0 bridgehead atoms. The molecule has 1 aromatic heterocycles. The minimum atomic E-state index is 0.973. The van der Waals surface area contributed by atoms with Crippen molar-refractivity contribution in [1.29, 1.82) is 0 Å². The summed E-state index contributed by atoms with van der Waals surface area (Å²) in [6, 6.07) is 10.9. The highest BCUT2D eigenvalue weighted by atomic mass is 32.2. The van der Waals surface area contributed by atoms with Gasteiger partial charge in [0.05, 0.1) is 0 Å². The van der Waals surface area contributed by atoms with Crippen LogP contribution < -0.4 is 5.32 Å². The molecule has 0 radical (unpaired) electrons. The number of benzene rings is 1. The molecule has 2 aromatic rings. The standard InChI is InChI=1S/C17H22N2S/c1-4-8-18-17-11-15(7-9-19-17)12-20-16-10-13(2)5-6-14(16)3/h5-7,9-11H,4,8,12H2,1-3H3,(H,18,19). The second-order valence-corrected chi connectivity index (χ2v) is 6.05. The van der Waals surface area contributed by atoms with E-state index in [1.807, 2.05) is 18.0 Å². The minimum absolute atomic E-state index is 0.973. The van der Waals surface area contributed by atoms with Crippen LogP contribution in [0, 0.1) is 13.8 Å². The normalized spacial score (nSPS) is 10.6. The molecule has 0 unspecified atom stereocenters. The van der Waals surface area contributed by atoms with Crippen LogP contribution in [0.3, 0.4) is 0 Å². The fraction of sp³-hybridized carbons (Fsp3) is 0.353. The Labute approximate surface area is 126 Å². The summed E-state index contributed by atoms with van der Waals surface area (Å²) in [4.78, 5) is 5.71. The largest absolute Gasteiger partial charge is 0.370 e. The molecule has 0 aliphatic rings. The zero-order chi connectivity index (χ0) is 14.4. The van der Waals surface area contributed by atoms with Gasteiger partial charge in [-0.1, -0.05) is 24.6 Å². The fourth-order valence-corrected chi connectivity index (χ4v) is 3.00. The van der Waals surface area contributed by atoms with Gasteiger partial charge in [0.2, 0.25) is 0 Å². The molecule has 106 valence electrons. The fourth-order valence-electron chi connectivity index (χ4n) is 1.94. The van der Waals surface area contributed by atoms with Gasteiger partial charge < -0.3 is 5.32 Å². The van der Waals surface area contributed by atoms with E-state index in [9.17, 15) is 0 Å². The SMILES string of the molecule is CCCNc1cc(CSc2cc(C)ccc2C)ccn1. The molecule has 0 aliphatic carbocycles. The average Bonchev–Trinajstić information content (AvgIpc) is 2.46. The molecule has 1 heterocycles. The van der Waals surface area contributed by atoms with E-state index in [2.05, 4.69) is 61.4 Å². The lowest BCUT2D eigenvalue weighted by Gasteiger charge is -2.08. The third-order valence-corrected chi connectivity index (χ3v) is 4.35.